The molecule has 1 fully saturated rings. The quantitative estimate of drug-likeness (QED) is 0.732. The Morgan fingerprint density at radius 3 is 2.52 bits per heavy atom. The lowest BCUT2D eigenvalue weighted by Gasteiger charge is -2.27. The molecule has 10 heteroatoms. The number of rotatable bonds is 6. The van der Waals surface area contributed by atoms with Crippen LogP contribution in [0.25, 0.3) is 0 Å². The second-order valence-corrected chi connectivity index (χ2v) is 9.33. The van der Waals surface area contributed by atoms with E-state index in [1.807, 2.05) is 20.8 Å². The number of hydrogen-bond acceptors (Lipinski definition) is 6. The number of aromatic nitrogens is 3. The Balaban J connectivity index is 1.56. The van der Waals surface area contributed by atoms with E-state index < -0.39 is 0 Å². The molecule has 0 unspecified atom stereocenters. The normalized spacial score (nSPS) is 14.1. The average molecular weight is 445 g/mol. The number of carbonyl (C=O) groups is 3. The number of hydrogen-bond donors (Lipinski definition) is 1. The third-order valence-corrected chi connectivity index (χ3v) is 5.73. The number of nitrogens with one attached hydrogen (secondary N) is 1. The minimum atomic E-state index is -0.241. The molecular weight excluding hydrogens is 416 g/mol. The van der Waals surface area contributed by atoms with E-state index in [2.05, 4.69) is 15.4 Å². The van der Waals surface area contributed by atoms with Crippen LogP contribution in [0.2, 0.25) is 0 Å². The van der Waals surface area contributed by atoms with E-state index in [0.717, 1.165) is 5.69 Å². The first kappa shape index (κ1) is 22.8. The van der Waals surface area contributed by atoms with Crippen molar-refractivity contribution in [2.75, 3.05) is 29.9 Å². The van der Waals surface area contributed by atoms with Gasteiger partial charge in [-0.3, -0.25) is 24.1 Å². The number of amides is 3. The molecule has 3 rings (SSSR count). The van der Waals surface area contributed by atoms with Crippen LogP contribution in [-0.4, -0.2) is 67.1 Å². The van der Waals surface area contributed by atoms with E-state index in [-0.39, 0.29) is 34.6 Å². The van der Waals surface area contributed by atoms with Crippen LogP contribution in [0.15, 0.2) is 30.5 Å². The molecule has 166 valence electrons. The van der Waals surface area contributed by atoms with Gasteiger partial charge in [-0.1, -0.05) is 26.8 Å². The zero-order valence-corrected chi connectivity index (χ0v) is 19.1. The summed E-state index contributed by atoms with van der Waals surface area (Å²) in [5.74, 6) is 0.0460. The third kappa shape index (κ3) is 5.63. The lowest BCUT2D eigenvalue weighted by Crippen LogP contribution is -2.46. The van der Waals surface area contributed by atoms with Crippen molar-refractivity contribution < 1.29 is 14.4 Å². The van der Waals surface area contributed by atoms with Crippen LogP contribution >= 0.6 is 11.8 Å². The zero-order valence-electron chi connectivity index (χ0n) is 18.3. The minimum Gasteiger partial charge on any atom is -0.310 e. The average Bonchev–Trinajstić information content (AvgIpc) is 3.35. The van der Waals surface area contributed by atoms with E-state index in [1.54, 1.807) is 42.2 Å². The molecule has 3 amide bonds. The highest BCUT2D eigenvalue weighted by Gasteiger charge is 2.33. The summed E-state index contributed by atoms with van der Waals surface area (Å²) in [5.41, 5.74) is 1.10. The van der Waals surface area contributed by atoms with E-state index in [1.165, 1.54) is 21.8 Å². The molecule has 2 aromatic rings. The van der Waals surface area contributed by atoms with E-state index >= 15 is 0 Å². The van der Waals surface area contributed by atoms with Gasteiger partial charge in [0.25, 0.3) is 11.8 Å². The predicted octanol–water partition coefficient (Wildman–Crippen LogP) is 2.07. The Labute approximate surface area is 186 Å². The van der Waals surface area contributed by atoms with Crippen LogP contribution in [0.5, 0.6) is 0 Å². The van der Waals surface area contributed by atoms with Crippen molar-refractivity contribution in [2.45, 2.75) is 32.6 Å². The molecule has 1 N–H and O–H groups in total. The van der Waals surface area contributed by atoms with Crippen LogP contribution in [0.3, 0.4) is 0 Å². The molecule has 2 aromatic heterocycles. The van der Waals surface area contributed by atoms with Gasteiger partial charge in [0.2, 0.25) is 5.91 Å². The van der Waals surface area contributed by atoms with E-state index in [9.17, 15) is 14.4 Å². The molecule has 31 heavy (non-hydrogen) atoms. The Bertz CT molecular complexity index is 954. The fourth-order valence-corrected chi connectivity index (χ4v) is 3.85. The molecule has 1 aliphatic heterocycles. The van der Waals surface area contributed by atoms with E-state index in [0.29, 0.717) is 31.0 Å². The van der Waals surface area contributed by atoms with Gasteiger partial charge in [-0.15, -0.1) is 11.8 Å². The maximum atomic E-state index is 13.1. The fraction of sp³-hybridized carbons (Fsp3) is 0.476. The summed E-state index contributed by atoms with van der Waals surface area (Å²) in [5, 5.41) is 10.1. The second kappa shape index (κ2) is 9.51. The van der Waals surface area contributed by atoms with Crippen LogP contribution in [0, 0.1) is 0 Å². The highest BCUT2D eigenvalue weighted by molar-refractivity contribution is 8.00. The highest BCUT2D eigenvalue weighted by Crippen LogP contribution is 2.23. The van der Waals surface area contributed by atoms with Crippen molar-refractivity contribution in [1.82, 2.24) is 24.8 Å². The third-order valence-electron chi connectivity index (χ3n) is 4.81. The molecule has 9 nitrogen and oxygen atoms in total. The maximum absolute atomic E-state index is 13.1. The summed E-state index contributed by atoms with van der Waals surface area (Å²) in [6.07, 6.45) is 2.31. The van der Waals surface area contributed by atoms with Crippen molar-refractivity contribution in [3.8, 4) is 0 Å². The number of carbonyl (C=O) groups excluding carboxylic acids is 3. The van der Waals surface area contributed by atoms with Crippen molar-refractivity contribution in [3.63, 3.8) is 0 Å². The maximum Gasteiger partial charge on any atom is 0.290 e. The molecule has 0 aromatic carbocycles. The monoisotopic (exact) mass is 444 g/mol. The fourth-order valence-electron chi connectivity index (χ4n) is 3.17. The van der Waals surface area contributed by atoms with Crippen molar-refractivity contribution >= 4 is 35.3 Å². The lowest BCUT2D eigenvalue weighted by atomic mass is 9.92. The molecule has 3 heterocycles. The van der Waals surface area contributed by atoms with Gasteiger partial charge in [-0.2, -0.15) is 5.10 Å². The summed E-state index contributed by atoms with van der Waals surface area (Å²) in [4.78, 5) is 41.9. The number of aryl methyl sites for hydroxylation is 1. The molecular formula is C21H28N6O3S. The van der Waals surface area contributed by atoms with Crippen molar-refractivity contribution in [2.24, 2.45) is 7.05 Å². The lowest BCUT2D eigenvalue weighted by molar-refractivity contribution is -0.137. The van der Waals surface area contributed by atoms with Gasteiger partial charge in [0.05, 0.1) is 17.2 Å². The molecule has 0 aliphatic carbocycles. The molecule has 1 saturated heterocycles. The van der Waals surface area contributed by atoms with Gasteiger partial charge in [-0.05, 0) is 24.6 Å². The first-order valence-corrected chi connectivity index (χ1v) is 11.3. The molecule has 0 bridgehead atoms. The topological polar surface area (TPSA) is 100 Å². The Morgan fingerprint density at radius 2 is 1.87 bits per heavy atom. The number of anilines is 1. The molecule has 1 aliphatic rings. The smallest absolute Gasteiger partial charge is 0.290 e. The minimum absolute atomic E-state index is 0.109. The first-order chi connectivity index (χ1) is 14.7. The summed E-state index contributed by atoms with van der Waals surface area (Å²) >= 11 is 1.21. The van der Waals surface area contributed by atoms with Gasteiger partial charge in [-0.25, -0.2) is 9.99 Å². The number of hydrazine groups is 1. The second-order valence-electron chi connectivity index (χ2n) is 8.34. The summed E-state index contributed by atoms with van der Waals surface area (Å²) in [7, 11) is 1.74. The van der Waals surface area contributed by atoms with Crippen LogP contribution in [0.1, 0.15) is 43.4 Å². The molecule has 0 spiro atoms. The highest BCUT2D eigenvalue weighted by atomic mass is 32.2. The van der Waals surface area contributed by atoms with Gasteiger partial charge in [0.1, 0.15) is 11.5 Å². The Hall–Kier alpha value is -2.88. The summed E-state index contributed by atoms with van der Waals surface area (Å²) in [6.45, 7) is 7.07. The molecule has 0 atom stereocenters. The Morgan fingerprint density at radius 1 is 1.13 bits per heavy atom. The van der Waals surface area contributed by atoms with Gasteiger partial charge < -0.3 is 5.32 Å². The molecule has 0 saturated carbocycles. The van der Waals surface area contributed by atoms with E-state index in [4.69, 9.17) is 0 Å². The SMILES string of the molecule is Cn1nc(C(C)(C)C)cc1C(=O)N1CCCN1C(=O)CSCC(=O)Nc1ccccn1. The van der Waals surface area contributed by atoms with Crippen LogP contribution < -0.4 is 5.32 Å². The predicted molar refractivity (Wildman–Crippen MR) is 119 cm³/mol. The van der Waals surface area contributed by atoms with Crippen LogP contribution in [-0.2, 0) is 22.1 Å². The zero-order chi connectivity index (χ0) is 22.6. The summed E-state index contributed by atoms with van der Waals surface area (Å²) in [6, 6.07) is 7.04. The van der Waals surface area contributed by atoms with Gasteiger partial charge in [0.15, 0.2) is 0 Å². The van der Waals surface area contributed by atoms with Gasteiger partial charge >= 0.3 is 0 Å². The largest absolute Gasteiger partial charge is 0.310 e. The number of nitrogens with zero attached hydrogens (tertiary/aromatic N) is 5. The summed E-state index contributed by atoms with van der Waals surface area (Å²) < 4.78 is 1.57. The standard InChI is InChI=1S/C21H28N6O3S/c1-21(2,3)16-12-15(25(4)24-16)20(30)27-11-7-10-26(27)19(29)14-31-13-18(28)23-17-8-5-6-9-22-17/h5-6,8-9,12H,7,10-11,13-14H2,1-4H3,(H,22,23,28). The van der Waals surface area contributed by atoms with Crippen molar-refractivity contribution in [3.05, 3.63) is 41.9 Å². The van der Waals surface area contributed by atoms with Crippen molar-refractivity contribution in [1.29, 1.82) is 0 Å². The van der Waals surface area contributed by atoms with Crippen LogP contribution in [0.4, 0.5) is 5.82 Å². The number of pyridine rings is 1. The first-order valence-electron chi connectivity index (χ1n) is 10.1. The number of thioether (sulfide) groups is 1. The Kier molecular flexibility index (Phi) is 6.99. The molecule has 0 radical (unpaired) electrons. The van der Waals surface area contributed by atoms with Gasteiger partial charge in [0, 0.05) is 31.7 Å².